The maximum Gasteiger partial charge on any atom is 0.244 e. The minimum absolute atomic E-state index is 0.00539. The fraction of sp³-hybridized carbons (Fsp3) is 0.733. The summed E-state index contributed by atoms with van der Waals surface area (Å²) in [6.45, 7) is 5.99. The minimum Gasteiger partial charge on any atom is -0.381 e. The molecule has 1 unspecified atom stereocenters. The van der Waals surface area contributed by atoms with Crippen LogP contribution < -0.4 is 5.32 Å². The normalized spacial score (nSPS) is 19.5. The number of ether oxygens (including phenoxy) is 1. The molecule has 1 atom stereocenters. The van der Waals surface area contributed by atoms with Crippen LogP contribution in [0.2, 0.25) is 0 Å². The number of nitrogens with zero attached hydrogens (tertiary/aromatic N) is 3. The summed E-state index contributed by atoms with van der Waals surface area (Å²) in [7, 11) is 4.13. The largest absolute Gasteiger partial charge is 0.381 e. The molecule has 1 N–H and O–H groups in total. The number of hydrogen-bond acceptors (Lipinski definition) is 4. The maximum absolute atomic E-state index is 12.3. The summed E-state index contributed by atoms with van der Waals surface area (Å²) in [6, 6.07) is -0.294. The van der Waals surface area contributed by atoms with Gasteiger partial charge in [-0.3, -0.25) is 9.48 Å². The van der Waals surface area contributed by atoms with E-state index in [1.54, 1.807) is 10.9 Å². The van der Waals surface area contributed by atoms with Crippen molar-refractivity contribution in [3.63, 3.8) is 0 Å². The second kappa shape index (κ2) is 6.58. The molecule has 0 bridgehead atoms. The predicted molar refractivity (Wildman–Crippen MR) is 81.2 cm³/mol. The summed E-state index contributed by atoms with van der Waals surface area (Å²) >= 11 is 0. The first-order valence-corrected chi connectivity index (χ1v) is 7.48. The van der Waals surface area contributed by atoms with Crippen LogP contribution in [0.15, 0.2) is 12.4 Å². The average Bonchev–Trinajstić information content (AvgIpc) is 2.91. The standard InChI is InChI=1S/C15H26N4O2/c1-12-9-17-19(10-12)13(2)14(20)16-11-15(18(3)4)5-7-21-8-6-15/h9-10,13H,5-8,11H2,1-4H3,(H,16,20). The topological polar surface area (TPSA) is 59.4 Å². The molecule has 1 aromatic heterocycles. The van der Waals surface area contributed by atoms with E-state index in [-0.39, 0.29) is 17.5 Å². The molecule has 2 rings (SSSR count). The van der Waals surface area contributed by atoms with E-state index in [1.165, 1.54) is 0 Å². The highest BCUT2D eigenvalue weighted by Gasteiger charge is 2.35. The van der Waals surface area contributed by atoms with Gasteiger partial charge in [-0.05, 0) is 46.3 Å². The van der Waals surface area contributed by atoms with Crippen LogP contribution in [0, 0.1) is 6.92 Å². The third-order valence-corrected chi connectivity index (χ3v) is 4.47. The molecule has 0 aromatic carbocycles. The van der Waals surface area contributed by atoms with E-state index in [4.69, 9.17) is 4.74 Å². The lowest BCUT2D eigenvalue weighted by atomic mass is 9.88. The van der Waals surface area contributed by atoms with Gasteiger partial charge in [0.1, 0.15) is 6.04 Å². The highest BCUT2D eigenvalue weighted by molar-refractivity contribution is 5.79. The smallest absolute Gasteiger partial charge is 0.244 e. The molecule has 1 aliphatic heterocycles. The Morgan fingerprint density at radius 2 is 2.19 bits per heavy atom. The van der Waals surface area contributed by atoms with Gasteiger partial charge in [0.15, 0.2) is 0 Å². The number of amides is 1. The monoisotopic (exact) mass is 294 g/mol. The molecule has 0 spiro atoms. The molecule has 1 aromatic rings. The predicted octanol–water partition coefficient (Wildman–Crippen LogP) is 0.980. The first-order chi connectivity index (χ1) is 9.94. The molecule has 1 aliphatic rings. The lowest BCUT2D eigenvalue weighted by Crippen LogP contribution is -2.56. The Bertz CT molecular complexity index is 478. The van der Waals surface area contributed by atoms with E-state index in [2.05, 4.69) is 29.4 Å². The number of aromatic nitrogens is 2. The second-order valence-corrected chi connectivity index (χ2v) is 6.12. The molecule has 2 heterocycles. The Kier molecular flexibility index (Phi) is 5.00. The van der Waals surface area contributed by atoms with Crippen LogP contribution in [0.3, 0.4) is 0 Å². The van der Waals surface area contributed by atoms with Gasteiger partial charge in [-0.1, -0.05) is 0 Å². The molecule has 1 saturated heterocycles. The fourth-order valence-electron chi connectivity index (χ4n) is 2.70. The van der Waals surface area contributed by atoms with Crippen molar-refractivity contribution in [1.29, 1.82) is 0 Å². The van der Waals surface area contributed by atoms with Gasteiger partial charge in [-0.15, -0.1) is 0 Å². The fourth-order valence-corrected chi connectivity index (χ4v) is 2.70. The minimum atomic E-state index is -0.294. The summed E-state index contributed by atoms with van der Waals surface area (Å²) < 4.78 is 7.15. The number of rotatable bonds is 5. The zero-order chi connectivity index (χ0) is 15.5. The zero-order valence-electron chi connectivity index (χ0n) is 13.4. The quantitative estimate of drug-likeness (QED) is 0.879. The summed E-state index contributed by atoms with van der Waals surface area (Å²) in [6.07, 6.45) is 5.54. The molecule has 21 heavy (non-hydrogen) atoms. The van der Waals surface area contributed by atoms with Crippen molar-refractivity contribution in [2.24, 2.45) is 0 Å². The molecular formula is C15H26N4O2. The second-order valence-electron chi connectivity index (χ2n) is 6.12. The van der Waals surface area contributed by atoms with Gasteiger partial charge < -0.3 is 15.0 Å². The molecule has 0 saturated carbocycles. The molecule has 6 nitrogen and oxygen atoms in total. The zero-order valence-corrected chi connectivity index (χ0v) is 13.4. The highest BCUT2D eigenvalue weighted by Crippen LogP contribution is 2.25. The molecule has 6 heteroatoms. The molecular weight excluding hydrogens is 268 g/mol. The van der Waals surface area contributed by atoms with Crippen molar-refractivity contribution in [2.75, 3.05) is 33.9 Å². The molecule has 1 fully saturated rings. The van der Waals surface area contributed by atoms with Crippen molar-refractivity contribution >= 4 is 5.91 Å². The number of aryl methyl sites for hydroxylation is 1. The van der Waals surface area contributed by atoms with Gasteiger partial charge in [0.25, 0.3) is 0 Å². The first-order valence-electron chi connectivity index (χ1n) is 7.48. The number of carbonyl (C=O) groups is 1. The molecule has 118 valence electrons. The number of likely N-dealkylation sites (N-methyl/N-ethyl adjacent to an activating group) is 1. The third kappa shape index (κ3) is 3.63. The Labute approximate surface area is 126 Å². The van der Waals surface area contributed by atoms with Crippen molar-refractivity contribution in [2.45, 2.75) is 38.3 Å². The van der Waals surface area contributed by atoms with E-state index in [0.717, 1.165) is 31.6 Å². The van der Waals surface area contributed by atoms with E-state index in [1.807, 2.05) is 20.0 Å². The number of hydrogen-bond donors (Lipinski definition) is 1. The van der Waals surface area contributed by atoms with E-state index >= 15 is 0 Å². The molecule has 1 amide bonds. The molecule has 0 aliphatic carbocycles. The van der Waals surface area contributed by atoms with Gasteiger partial charge in [0.05, 0.1) is 6.20 Å². The van der Waals surface area contributed by atoms with Crippen LogP contribution in [-0.2, 0) is 9.53 Å². The Balaban J connectivity index is 1.95. The lowest BCUT2D eigenvalue weighted by molar-refractivity contribution is -0.125. The third-order valence-electron chi connectivity index (χ3n) is 4.47. The van der Waals surface area contributed by atoms with Crippen molar-refractivity contribution in [1.82, 2.24) is 20.0 Å². The number of carbonyl (C=O) groups excluding carboxylic acids is 1. The Morgan fingerprint density at radius 3 is 2.71 bits per heavy atom. The van der Waals surface area contributed by atoms with Crippen molar-refractivity contribution in [3.05, 3.63) is 18.0 Å². The Hall–Kier alpha value is -1.40. The van der Waals surface area contributed by atoms with Crippen LogP contribution in [0.25, 0.3) is 0 Å². The Morgan fingerprint density at radius 1 is 1.52 bits per heavy atom. The van der Waals surface area contributed by atoms with Crippen LogP contribution in [0.4, 0.5) is 0 Å². The average molecular weight is 294 g/mol. The molecule has 0 radical (unpaired) electrons. The van der Waals surface area contributed by atoms with Crippen LogP contribution >= 0.6 is 0 Å². The van der Waals surface area contributed by atoms with Crippen molar-refractivity contribution in [3.8, 4) is 0 Å². The number of nitrogens with one attached hydrogen (secondary N) is 1. The van der Waals surface area contributed by atoms with Crippen LogP contribution in [0.5, 0.6) is 0 Å². The summed E-state index contributed by atoms with van der Waals surface area (Å²) in [5, 5.41) is 7.29. The maximum atomic E-state index is 12.3. The van der Waals surface area contributed by atoms with E-state index in [0.29, 0.717) is 6.54 Å². The van der Waals surface area contributed by atoms with Crippen LogP contribution in [-0.4, -0.2) is 60.0 Å². The van der Waals surface area contributed by atoms with Gasteiger partial charge in [-0.25, -0.2) is 0 Å². The summed E-state index contributed by atoms with van der Waals surface area (Å²) in [4.78, 5) is 14.5. The first kappa shape index (κ1) is 16.0. The SMILES string of the molecule is Cc1cnn(C(C)C(=O)NCC2(N(C)C)CCOCC2)c1. The van der Waals surface area contributed by atoms with Gasteiger partial charge >= 0.3 is 0 Å². The van der Waals surface area contributed by atoms with E-state index in [9.17, 15) is 4.79 Å². The highest BCUT2D eigenvalue weighted by atomic mass is 16.5. The summed E-state index contributed by atoms with van der Waals surface area (Å²) in [5.74, 6) is 0.00539. The van der Waals surface area contributed by atoms with Gasteiger partial charge in [0.2, 0.25) is 5.91 Å². The van der Waals surface area contributed by atoms with E-state index < -0.39 is 0 Å². The van der Waals surface area contributed by atoms with Gasteiger partial charge in [0, 0.05) is 31.5 Å². The van der Waals surface area contributed by atoms with Gasteiger partial charge in [-0.2, -0.15) is 5.10 Å². The van der Waals surface area contributed by atoms with Crippen molar-refractivity contribution < 1.29 is 9.53 Å². The lowest BCUT2D eigenvalue weighted by Gasteiger charge is -2.43. The van der Waals surface area contributed by atoms with Crippen LogP contribution in [0.1, 0.15) is 31.4 Å². The summed E-state index contributed by atoms with van der Waals surface area (Å²) in [5.41, 5.74) is 1.05.